The summed E-state index contributed by atoms with van der Waals surface area (Å²) in [5, 5.41) is 0. The Hall–Kier alpha value is -2.04. The van der Waals surface area contributed by atoms with Crippen LogP contribution in [-0.2, 0) is 16.1 Å². The number of hydrogen-bond acceptors (Lipinski definition) is 4. The number of aromatic nitrogens is 2. The molecule has 0 bridgehead atoms. The first-order valence-electron chi connectivity index (χ1n) is 5.50. The first-order chi connectivity index (χ1) is 8.13. The van der Waals surface area contributed by atoms with E-state index in [-0.39, 0.29) is 12.5 Å². The highest BCUT2D eigenvalue weighted by Gasteiger charge is 2.12. The Labute approximate surface area is 99.2 Å². The van der Waals surface area contributed by atoms with E-state index in [1.807, 2.05) is 23.6 Å². The van der Waals surface area contributed by atoms with Crippen LogP contribution in [0, 0.1) is 6.92 Å². The van der Waals surface area contributed by atoms with Crippen LogP contribution < -0.4 is 5.73 Å². The van der Waals surface area contributed by atoms with Gasteiger partial charge in [-0.3, -0.25) is 4.79 Å². The fourth-order valence-corrected chi connectivity index (χ4v) is 1.82. The fraction of sp³-hybridized carbons (Fsp3) is 0.333. The van der Waals surface area contributed by atoms with E-state index in [0.29, 0.717) is 12.3 Å². The van der Waals surface area contributed by atoms with E-state index >= 15 is 0 Å². The van der Waals surface area contributed by atoms with Gasteiger partial charge < -0.3 is 15.0 Å². The molecule has 5 nitrogen and oxygen atoms in total. The molecule has 2 rings (SSSR count). The van der Waals surface area contributed by atoms with Crippen LogP contribution in [0.1, 0.15) is 12.7 Å². The van der Waals surface area contributed by atoms with Crippen LogP contribution in [0.15, 0.2) is 18.2 Å². The highest BCUT2D eigenvalue weighted by molar-refractivity contribution is 5.88. The molecule has 2 N–H and O–H groups in total. The molecule has 0 radical (unpaired) electrons. The summed E-state index contributed by atoms with van der Waals surface area (Å²) >= 11 is 0. The Bertz CT molecular complexity index is 560. The van der Waals surface area contributed by atoms with Gasteiger partial charge in [0.15, 0.2) is 0 Å². The standard InChI is InChI=1S/C12H15N3O2/c1-3-17-11(16)7-15-8(2)14-12-9(13)5-4-6-10(12)15/h4-6H,3,7,13H2,1-2H3. The van der Waals surface area contributed by atoms with Crippen LogP contribution in [-0.4, -0.2) is 22.1 Å². The summed E-state index contributed by atoms with van der Waals surface area (Å²) in [6.45, 7) is 4.18. The predicted molar refractivity (Wildman–Crippen MR) is 65.5 cm³/mol. The molecule has 0 saturated carbocycles. The van der Waals surface area contributed by atoms with Crippen molar-refractivity contribution >= 4 is 22.7 Å². The summed E-state index contributed by atoms with van der Waals surface area (Å²) in [4.78, 5) is 15.8. The van der Waals surface area contributed by atoms with Gasteiger partial charge in [0.25, 0.3) is 0 Å². The number of carbonyl (C=O) groups excluding carboxylic acids is 1. The molecule has 0 atom stereocenters. The zero-order chi connectivity index (χ0) is 12.4. The van der Waals surface area contributed by atoms with Gasteiger partial charge in [-0.25, -0.2) is 4.98 Å². The molecule has 0 aliphatic carbocycles. The molecule has 1 aromatic carbocycles. The molecule has 2 aromatic rings. The zero-order valence-corrected chi connectivity index (χ0v) is 9.93. The highest BCUT2D eigenvalue weighted by Crippen LogP contribution is 2.21. The normalized spacial score (nSPS) is 10.7. The Balaban J connectivity index is 2.43. The molecule has 5 heteroatoms. The fourth-order valence-electron chi connectivity index (χ4n) is 1.82. The summed E-state index contributed by atoms with van der Waals surface area (Å²) in [5.41, 5.74) is 8.04. The van der Waals surface area contributed by atoms with E-state index in [1.165, 1.54) is 0 Å². The quantitative estimate of drug-likeness (QED) is 0.644. The van der Waals surface area contributed by atoms with Gasteiger partial charge in [-0.15, -0.1) is 0 Å². The number of rotatable bonds is 3. The minimum Gasteiger partial charge on any atom is -0.465 e. The molecule has 17 heavy (non-hydrogen) atoms. The molecule has 0 aliphatic rings. The van der Waals surface area contributed by atoms with Gasteiger partial charge in [0.05, 0.1) is 17.8 Å². The van der Waals surface area contributed by atoms with Crippen molar-refractivity contribution in [3.8, 4) is 0 Å². The molecule has 1 aromatic heterocycles. The number of imidazole rings is 1. The zero-order valence-electron chi connectivity index (χ0n) is 9.93. The van der Waals surface area contributed by atoms with Crippen LogP contribution in [0.4, 0.5) is 5.69 Å². The monoisotopic (exact) mass is 233 g/mol. The van der Waals surface area contributed by atoms with Gasteiger partial charge >= 0.3 is 5.97 Å². The second-order valence-corrected chi connectivity index (χ2v) is 3.77. The topological polar surface area (TPSA) is 70.1 Å². The Morgan fingerprint density at radius 3 is 3.00 bits per heavy atom. The molecule has 0 saturated heterocycles. The molecular formula is C12H15N3O2. The van der Waals surface area contributed by atoms with E-state index < -0.39 is 0 Å². The number of anilines is 1. The third kappa shape index (κ3) is 2.08. The van der Waals surface area contributed by atoms with E-state index in [0.717, 1.165) is 16.9 Å². The second kappa shape index (κ2) is 4.45. The van der Waals surface area contributed by atoms with Gasteiger partial charge in [0.1, 0.15) is 17.9 Å². The van der Waals surface area contributed by atoms with E-state index in [4.69, 9.17) is 10.5 Å². The van der Waals surface area contributed by atoms with Gasteiger partial charge in [0.2, 0.25) is 0 Å². The smallest absolute Gasteiger partial charge is 0.326 e. The summed E-state index contributed by atoms with van der Waals surface area (Å²) in [5.74, 6) is 0.489. The Morgan fingerprint density at radius 2 is 2.29 bits per heavy atom. The minimum atomic E-state index is -0.266. The summed E-state index contributed by atoms with van der Waals surface area (Å²) in [7, 11) is 0. The van der Waals surface area contributed by atoms with Crippen LogP contribution in [0.3, 0.4) is 0 Å². The first-order valence-corrected chi connectivity index (χ1v) is 5.50. The van der Waals surface area contributed by atoms with Crippen molar-refractivity contribution in [2.24, 2.45) is 0 Å². The number of para-hydroxylation sites is 1. The van der Waals surface area contributed by atoms with Gasteiger partial charge in [0, 0.05) is 0 Å². The Morgan fingerprint density at radius 1 is 1.53 bits per heavy atom. The Kier molecular flexibility index (Phi) is 2.99. The van der Waals surface area contributed by atoms with Crippen molar-refractivity contribution in [2.75, 3.05) is 12.3 Å². The number of carbonyl (C=O) groups is 1. The number of nitrogens with two attached hydrogens (primary N) is 1. The van der Waals surface area contributed by atoms with E-state index in [2.05, 4.69) is 4.98 Å². The van der Waals surface area contributed by atoms with Crippen molar-refractivity contribution in [2.45, 2.75) is 20.4 Å². The number of fused-ring (bicyclic) bond motifs is 1. The maximum atomic E-state index is 11.5. The summed E-state index contributed by atoms with van der Waals surface area (Å²) in [6, 6.07) is 5.54. The molecule has 1 heterocycles. The second-order valence-electron chi connectivity index (χ2n) is 3.77. The lowest BCUT2D eigenvalue weighted by Gasteiger charge is -2.06. The minimum absolute atomic E-state index is 0.166. The number of nitrogen functional groups attached to an aromatic ring is 1. The first kappa shape index (κ1) is 11.4. The molecule has 0 aliphatic heterocycles. The molecule has 90 valence electrons. The SMILES string of the molecule is CCOC(=O)Cn1c(C)nc2c(N)cccc21. The molecular weight excluding hydrogens is 218 g/mol. The average molecular weight is 233 g/mol. The van der Waals surface area contributed by atoms with Crippen LogP contribution in [0.25, 0.3) is 11.0 Å². The molecule has 0 spiro atoms. The van der Waals surface area contributed by atoms with Crippen molar-refractivity contribution in [1.29, 1.82) is 0 Å². The van der Waals surface area contributed by atoms with Gasteiger partial charge in [-0.2, -0.15) is 0 Å². The van der Waals surface area contributed by atoms with Crippen molar-refractivity contribution in [1.82, 2.24) is 9.55 Å². The maximum Gasteiger partial charge on any atom is 0.326 e. The van der Waals surface area contributed by atoms with Crippen molar-refractivity contribution < 1.29 is 9.53 Å². The van der Waals surface area contributed by atoms with Gasteiger partial charge in [-0.05, 0) is 26.0 Å². The molecule has 0 fully saturated rings. The number of hydrogen-bond donors (Lipinski definition) is 1. The third-order valence-corrected chi connectivity index (χ3v) is 2.59. The number of ether oxygens (including phenoxy) is 1. The largest absolute Gasteiger partial charge is 0.465 e. The lowest BCUT2D eigenvalue weighted by atomic mass is 10.3. The van der Waals surface area contributed by atoms with Gasteiger partial charge in [-0.1, -0.05) is 6.07 Å². The number of nitrogens with zero attached hydrogens (tertiary/aromatic N) is 2. The predicted octanol–water partition coefficient (Wildman–Crippen LogP) is 1.49. The van der Waals surface area contributed by atoms with Crippen LogP contribution >= 0.6 is 0 Å². The average Bonchev–Trinajstić information content (AvgIpc) is 2.58. The summed E-state index contributed by atoms with van der Waals surface area (Å²) in [6.07, 6.45) is 0. The molecule has 0 amide bonds. The molecule has 0 unspecified atom stereocenters. The summed E-state index contributed by atoms with van der Waals surface area (Å²) < 4.78 is 6.74. The lowest BCUT2D eigenvalue weighted by Crippen LogP contribution is -2.14. The van der Waals surface area contributed by atoms with Crippen molar-refractivity contribution in [3.05, 3.63) is 24.0 Å². The van der Waals surface area contributed by atoms with Crippen LogP contribution in [0.5, 0.6) is 0 Å². The van der Waals surface area contributed by atoms with Crippen LogP contribution in [0.2, 0.25) is 0 Å². The number of esters is 1. The number of aryl methyl sites for hydroxylation is 1. The lowest BCUT2D eigenvalue weighted by molar-refractivity contribution is -0.143. The maximum absolute atomic E-state index is 11.5. The number of benzene rings is 1. The van der Waals surface area contributed by atoms with E-state index in [9.17, 15) is 4.79 Å². The highest BCUT2D eigenvalue weighted by atomic mass is 16.5. The third-order valence-electron chi connectivity index (χ3n) is 2.59. The van der Waals surface area contributed by atoms with E-state index in [1.54, 1.807) is 13.0 Å². The van der Waals surface area contributed by atoms with Crippen molar-refractivity contribution in [3.63, 3.8) is 0 Å².